The Hall–Kier alpha value is -2.73. The van der Waals surface area contributed by atoms with Gasteiger partial charge in [-0.25, -0.2) is 0 Å². The van der Waals surface area contributed by atoms with E-state index in [-0.39, 0.29) is 5.78 Å². The number of benzene rings is 2. The Morgan fingerprint density at radius 1 is 0.950 bits per heavy atom. The topological polar surface area (TPSA) is 29.5 Å². The van der Waals surface area contributed by atoms with Crippen molar-refractivity contribution in [1.82, 2.24) is 4.90 Å². The van der Waals surface area contributed by atoms with Crippen LogP contribution < -0.4 is 4.74 Å². The van der Waals surface area contributed by atoms with Gasteiger partial charge in [0.15, 0.2) is 0 Å². The molecule has 100 valence electrons. The van der Waals surface area contributed by atoms with Gasteiger partial charge in [-0.3, -0.25) is 4.79 Å². The van der Waals surface area contributed by atoms with Crippen LogP contribution in [0.25, 0.3) is 0 Å². The van der Waals surface area contributed by atoms with E-state index in [0.29, 0.717) is 11.3 Å². The summed E-state index contributed by atoms with van der Waals surface area (Å²) in [6, 6.07) is 19.1. The summed E-state index contributed by atoms with van der Waals surface area (Å²) < 4.78 is 5.66. The highest BCUT2D eigenvalue weighted by Crippen LogP contribution is 2.21. The first-order valence-electron chi connectivity index (χ1n) is 6.21. The number of Topliss-reactive ketones (excluding diaryl/α,β-unsaturated/α-hetero) is 1. The summed E-state index contributed by atoms with van der Waals surface area (Å²) in [5.41, 5.74) is 0.555. The Bertz CT molecular complexity index is 634. The summed E-state index contributed by atoms with van der Waals surface area (Å²) >= 11 is 0. The molecule has 0 heterocycles. The van der Waals surface area contributed by atoms with Crippen molar-refractivity contribution in [3.8, 4) is 23.5 Å². The van der Waals surface area contributed by atoms with Gasteiger partial charge in [-0.2, -0.15) is 0 Å². The molecule has 0 aromatic heterocycles. The molecule has 2 rings (SSSR count). The van der Waals surface area contributed by atoms with Crippen LogP contribution in [0.2, 0.25) is 0 Å². The molecule has 0 aliphatic heterocycles. The van der Waals surface area contributed by atoms with Crippen LogP contribution in [0.3, 0.4) is 0 Å². The smallest absolute Gasteiger partial charge is 0.237 e. The maximum Gasteiger partial charge on any atom is 0.237 e. The molecular formula is C17H15NO2. The standard InChI is InChI=1S/C17H15NO2/c1-18(2)13-12-17(19)14-8-10-16(11-9-14)20-15-6-4-3-5-7-15/h3-11H,1-2H3. The Kier molecular flexibility index (Phi) is 4.41. The molecule has 0 amide bonds. The zero-order valence-corrected chi connectivity index (χ0v) is 11.5. The number of carbonyl (C=O) groups excluding carboxylic acids is 1. The van der Waals surface area contributed by atoms with E-state index in [1.807, 2.05) is 30.3 Å². The molecule has 0 unspecified atom stereocenters. The molecule has 3 nitrogen and oxygen atoms in total. The highest BCUT2D eigenvalue weighted by Gasteiger charge is 2.03. The largest absolute Gasteiger partial charge is 0.457 e. The predicted octanol–water partition coefficient (Wildman–Crippen LogP) is 3.18. The van der Waals surface area contributed by atoms with Crippen molar-refractivity contribution in [3.63, 3.8) is 0 Å². The molecule has 0 aliphatic rings. The monoisotopic (exact) mass is 265 g/mol. The van der Waals surface area contributed by atoms with E-state index >= 15 is 0 Å². The van der Waals surface area contributed by atoms with Crippen LogP contribution >= 0.6 is 0 Å². The lowest BCUT2D eigenvalue weighted by Crippen LogP contribution is -2.03. The molecule has 0 atom stereocenters. The van der Waals surface area contributed by atoms with Crippen molar-refractivity contribution < 1.29 is 9.53 Å². The van der Waals surface area contributed by atoms with E-state index in [1.165, 1.54) is 0 Å². The first-order valence-corrected chi connectivity index (χ1v) is 6.21. The number of hydrogen-bond acceptors (Lipinski definition) is 3. The van der Waals surface area contributed by atoms with Crippen LogP contribution in [0.4, 0.5) is 0 Å². The molecule has 0 fully saturated rings. The van der Waals surface area contributed by atoms with Gasteiger partial charge in [0.2, 0.25) is 5.78 Å². The molecule has 0 spiro atoms. The molecular weight excluding hydrogens is 250 g/mol. The lowest BCUT2D eigenvalue weighted by Gasteiger charge is -2.05. The minimum atomic E-state index is -0.204. The molecule has 0 radical (unpaired) electrons. The maximum atomic E-state index is 11.8. The Balaban J connectivity index is 2.07. The van der Waals surface area contributed by atoms with Gasteiger partial charge in [-0.1, -0.05) is 18.2 Å². The number of ether oxygens (including phenoxy) is 1. The van der Waals surface area contributed by atoms with Crippen molar-refractivity contribution in [2.24, 2.45) is 0 Å². The molecule has 0 aliphatic carbocycles. The highest BCUT2D eigenvalue weighted by molar-refractivity contribution is 6.08. The molecule has 0 saturated carbocycles. The average Bonchev–Trinajstić information content (AvgIpc) is 2.46. The number of rotatable bonds is 3. The predicted molar refractivity (Wildman–Crippen MR) is 78.8 cm³/mol. The van der Waals surface area contributed by atoms with Gasteiger partial charge >= 0.3 is 0 Å². The summed E-state index contributed by atoms with van der Waals surface area (Å²) in [5, 5.41) is 0. The van der Waals surface area contributed by atoms with Gasteiger partial charge in [-0.15, -0.1) is 0 Å². The molecule has 0 saturated heterocycles. The van der Waals surface area contributed by atoms with Crippen LogP contribution in [0.5, 0.6) is 11.5 Å². The van der Waals surface area contributed by atoms with Gasteiger partial charge in [0.05, 0.1) is 0 Å². The van der Waals surface area contributed by atoms with Gasteiger partial charge < -0.3 is 9.64 Å². The van der Waals surface area contributed by atoms with Gasteiger partial charge in [0, 0.05) is 25.7 Å². The van der Waals surface area contributed by atoms with E-state index in [0.717, 1.165) is 5.75 Å². The average molecular weight is 265 g/mol. The first kappa shape index (κ1) is 13.7. The van der Waals surface area contributed by atoms with E-state index < -0.39 is 0 Å². The number of carbonyl (C=O) groups is 1. The summed E-state index contributed by atoms with van der Waals surface area (Å²) in [6.45, 7) is 0. The van der Waals surface area contributed by atoms with Crippen molar-refractivity contribution in [3.05, 3.63) is 60.2 Å². The second-order valence-corrected chi connectivity index (χ2v) is 4.40. The van der Waals surface area contributed by atoms with Crippen molar-refractivity contribution >= 4 is 5.78 Å². The minimum absolute atomic E-state index is 0.204. The lowest BCUT2D eigenvalue weighted by atomic mass is 10.1. The maximum absolute atomic E-state index is 11.8. The van der Waals surface area contributed by atoms with E-state index in [9.17, 15) is 4.79 Å². The van der Waals surface area contributed by atoms with Gasteiger partial charge in [0.1, 0.15) is 11.5 Å². The van der Waals surface area contributed by atoms with E-state index in [2.05, 4.69) is 12.0 Å². The van der Waals surface area contributed by atoms with Crippen molar-refractivity contribution in [2.75, 3.05) is 14.1 Å². The van der Waals surface area contributed by atoms with Crippen LogP contribution in [-0.2, 0) is 0 Å². The Morgan fingerprint density at radius 2 is 1.55 bits per heavy atom. The minimum Gasteiger partial charge on any atom is -0.457 e. The third-order valence-electron chi connectivity index (χ3n) is 2.49. The Morgan fingerprint density at radius 3 is 2.15 bits per heavy atom. The van der Waals surface area contributed by atoms with Gasteiger partial charge in [0.25, 0.3) is 0 Å². The van der Waals surface area contributed by atoms with Crippen LogP contribution in [0.1, 0.15) is 10.4 Å². The molecule has 2 aromatic carbocycles. The van der Waals surface area contributed by atoms with E-state index in [4.69, 9.17) is 4.74 Å². The summed E-state index contributed by atoms with van der Waals surface area (Å²) in [5.74, 6) is 3.81. The third-order valence-corrected chi connectivity index (χ3v) is 2.49. The number of hydrogen-bond donors (Lipinski definition) is 0. The zero-order chi connectivity index (χ0) is 14.4. The quantitative estimate of drug-likeness (QED) is 0.485. The van der Waals surface area contributed by atoms with Gasteiger partial charge in [-0.05, 0) is 42.3 Å². The van der Waals surface area contributed by atoms with Crippen molar-refractivity contribution in [1.29, 1.82) is 0 Å². The lowest BCUT2D eigenvalue weighted by molar-refractivity contribution is 0.105. The SMILES string of the molecule is CN(C)C#CC(=O)c1ccc(Oc2ccccc2)cc1. The van der Waals surface area contributed by atoms with E-state index in [1.54, 1.807) is 43.3 Å². The molecule has 3 heteroatoms. The Labute approximate surface area is 118 Å². The molecule has 0 bridgehead atoms. The number of nitrogens with zero attached hydrogens (tertiary/aromatic N) is 1. The van der Waals surface area contributed by atoms with Crippen LogP contribution in [0.15, 0.2) is 54.6 Å². The third kappa shape index (κ3) is 3.89. The summed E-state index contributed by atoms with van der Waals surface area (Å²) in [7, 11) is 3.58. The number of ketones is 1. The zero-order valence-electron chi connectivity index (χ0n) is 11.5. The first-order chi connectivity index (χ1) is 9.65. The summed E-state index contributed by atoms with van der Waals surface area (Å²) in [6.07, 6.45) is 0. The molecule has 20 heavy (non-hydrogen) atoms. The second-order valence-electron chi connectivity index (χ2n) is 4.40. The fourth-order valence-corrected chi connectivity index (χ4v) is 1.53. The van der Waals surface area contributed by atoms with Crippen LogP contribution in [0, 0.1) is 12.0 Å². The normalized spacial score (nSPS) is 9.30. The summed E-state index contributed by atoms with van der Waals surface area (Å²) in [4.78, 5) is 13.4. The van der Waals surface area contributed by atoms with Crippen LogP contribution in [-0.4, -0.2) is 24.8 Å². The fraction of sp³-hybridized carbons (Fsp3) is 0.118. The molecule has 0 N–H and O–H groups in total. The fourth-order valence-electron chi connectivity index (χ4n) is 1.53. The van der Waals surface area contributed by atoms with Crippen molar-refractivity contribution in [2.45, 2.75) is 0 Å². The highest BCUT2D eigenvalue weighted by atomic mass is 16.5. The molecule has 2 aromatic rings. The number of para-hydroxylation sites is 1. The second kappa shape index (κ2) is 6.44.